The van der Waals surface area contributed by atoms with Crippen LogP contribution in [0.3, 0.4) is 0 Å². The first-order valence-corrected chi connectivity index (χ1v) is 6.29. The van der Waals surface area contributed by atoms with Crippen LogP contribution >= 0.6 is 7.60 Å². The molecule has 1 rings (SSSR count). The molecule has 0 radical (unpaired) electrons. The maximum atomic E-state index is 12.1. The van der Waals surface area contributed by atoms with Crippen molar-refractivity contribution in [3.8, 4) is 0 Å². The van der Waals surface area contributed by atoms with E-state index in [1.165, 1.54) is 20.3 Å². The minimum absolute atomic E-state index is 0.384. The van der Waals surface area contributed by atoms with Gasteiger partial charge in [-0.1, -0.05) is 12.1 Å². The van der Waals surface area contributed by atoms with E-state index in [2.05, 4.69) is 0 Å². The van der Waals surface area contributed by atoms with Crippen LogP contribution in [0.25, 0.3) is 6.08 Å². The Morgan fingerprint density at radius 1 is 1.35 bits per heavy atom. The first-order chi connectivity index (χ1) is 8.01. The lowest BCUT2D eigenvalue weighted by Crippen LogP contribution is -2.07. The van der Waals surface area contributed by atoms with E-state index in [0.29, 0.717) is 10.9 Å². The number of carbonyl (C=O) groups is 1. The number of benzene rings is 1. The van der Waals surface area contributed by atoms with Crippen molar-refractivity contribution in [1.82, 2.24) is 0 Å². The standard InChI is InChI=1S/C11H13O5P/c1-15-17(14,16-2)10-5-3-4-9(8-10)6-7-11(12)13/h3-8H,1-2H3,(H,12,13). The summed E-state index contributed by atoms with van der Waals surface area (Å²) in [6.45, 7) is 0. The molecule has 0 unspecified atom stereocenters. The molecule has 0 bridgehead atoms. The van der Waals surface area contributed by atoms with Crippen molar-refractivity contribution in [3.05, 3.63) is 35.9 Å². The molecule has 0 aromatic heterocycles. The van der Waals surface area contributed by atoms with Crippen LogP contribution < -0.4 is 5.30 Å². The molecule has 0 saturated carbocycles. The maximum absolute atomic E-state index is 12.1. The number of carboxylic acids is 1. The molecular formula is C11H13O5P. The van der Waals surface area contributed by atoms with E-state index in [4.69, 9.17) is 14.2 Å². The van der Waals surface area contributed by atoms with Crippen LogP contribution in [0.15, 0.2) is 30.3 Å². The zero-order chi connectivity index (χ0) is 12.9. The first kappa shape index (κ1) is 13.6. The van der Waals surface area contributed by atoms with Crippen LogP contribution in [0.5, 0.6) is 0 Å². The average molecular weight is 256 g/mol. The lowest BCUT2D eigenvalue weighted by molar-refractivity contribution is -0.131. The van der Waals surface area contributed by atoms with Gasteiger partial charge >= 0.3 is 13.6 Å². The molecule has 0 saturated heterocycles. The van der Waals surface area contributed by atoms with E-state index in [-0.39, 0.29) is 0 Å². The van der Waals surface area contributed by atoms with Crippen LogP contribution in [-0.2, 0) is 18.4 Å². The number of hydrogen-bond donors (Lipinski definition) is 1. The summed E-state index contributed by atoms with van der Waals surface area (Å²) in [4.78, 5) is 10.4. The van der Waals surface area contributed by atoms with Gasteiger partial charge in [-0.2, -0.15) is 0 Å². The zero-order valence-electron chi connectivity index (χ0n) is 9.49. The molecule has 5 nitrogen and oxygen atoms in total. The quantitative estimate of drug-likeness (QED) is 0.643. The normalized spacial score (nSPS) is 11.9. The van der Waals surface area contributed by atoms with Gasteiger partial charge in [-0.25, -0.2) is 4.79 Å². The van der Waals surface area contributed by atoms with Crippen LogP contribution in [0.1, 0.15) is 5.56 Å². The van der Waals surface area contributed by atoms with Crippen molar-refractivity contribution >= 4 is 24.9 Å². The van der Waals surface area contributed by atoms with Gasteiger partial charge in [-0.3, -0.25) is 4.57 Å². The Kier molecular flexibility index (Phi) is 4.63. The molecule has 0 heterocycles. The molecule has 1 aromatic carbocycles. The van der Waals surface area contributed by atoms with Crippen LogP contribution in [0, 0.1) is 0 Å². The van der Waals surface area contributed by atoms with Crippen LogP contribution in [0.4, 0.5) is 0 Å². The third-order valence-corrected chi connectivity index (χ3v) is 3.96. The molecular weight excluding hydrogens is 243 g/mol. The van der Waals surface area contributed by atoms with E-state index in [0.717, 1.165) is 6.08 Å². The predicted octanol–water partition coefficient (Wildman–Crippen LogP) is 1.90. The molecule has 1 aromatic rings. The van der Waals surface area contributed by atoms with Gasteiger partial charge in [0.1, 0.15) is 0 Å². The van der Waals surface area contributed by atoms with Crippen LogP contribution in [-0.4, -0.2) is 25.3 Å². The van der Waals surface area contributed by atoms with E-state index >= 15 is 0 Å². The molecule has 0 fully saturated rings. The van der Waals surface area contributed by atoms with Gasteiger partial charge in [0.2, 0.25) is 0 Å². The van der Waals surface area contributed by atoms with E-state index < -0.39 is 13.6 Å². The summed E-state index contributed by atoms with van der Waals surface area (Å²) in [6, 6.07) is 6.51. The highest BCUT2D eigenvalue weighted by Crippen LogP contribution is 2.44. The molecule has 0 aliphatic rings. The third kappa shape index (κ3) is 3.53. The molecule has 0 aliphatic carbocycles. The fraction of sp³-hybridized carbons (Fsp3) is 0.182. The fourth-order valence-corrected chi connectivity index (χ4v) is 2.40. The van der Waals surface area contributed by atoms with E-state index in [1.807, 2.05) is 0 Å². The number of aliphatic carboxylic acids is 1. The van der Waals surface area contributed by atoms with Crippen molar-refractivity contribution in [1.29, 1.82) is 0 Å². The molecule has 1 N–H and O–H groups in total. The first-order valence-electron chi connectivity index (χ1n) is 4.75. The Balaban J connectivity index is 3.09. The summed E-state index contributed by atoms with van der Waals surface area (Å²) < 4.78 is 21.8. The van der Waals surface area contributed by atoms with Crippen molar-refractivity contribution in [2.24, 2.45) is 0 Å². The molecule has 0 spiro atoms. The SMILES string of the molecule is COP(=O)(OC)c1cccc(C=CC(=O)O)c1. The third-order valence-electron chi connectivity index (χ3n) is 2.09. The lowest BCUT2D eigenvalue weighted by atomic mass is 10.2. The Labute approximate surface area is 99.2 Å². The topological polar surface area (TPSA) is 72.8 Å². The van der Waals surface area contributed by atoms with Gasteiger partial charge < -0.3 is 14.2 Å². The number of hydrogen-bond acceptors (Lipinski definition) is 4. The number of rotatable bonds is 5. The van der Waals surface area contributed by atoms with Crippen molar-refractivity contribution in [2.45, 2.75) is 0 Å². The second-order valence-electron chi connectivity index (χ2n) is 3.13. The van der Waals surface area contributed by atoms with E-state index in [9.17, 15) is 9.36 Å². The molecule has 17 heavy (non-hydrogen) atoms. The van der Waals surface area contributed by atoms with Crippen molar-refractivity contribution in [3.63, 3.8) is 0 Å². The fourth-order valence-electron chi connectivity index (χ4n) is 1.25. The summed E-state index contributed by atoms with van der Waals surface area (Å²) >= 11 is 0. The van der Waals surface area contributed by atoms with E-state index in [1.54, 1.807) is 24.3 Å². The van der Waals surface area contributed by atoms with Gasteiger partial charge in [0.15, 0.2) is 0 Å². The minimum atomic E-state index is -3.29. The summed E-state index contributed by atoms with van der Waals surface area (Å²) in [7, 11) is -0.698. The van der Waals surface area contributed by atoms with Gasteiger partial charge in [0.05, 0.1) is 5.30 Å². The zero-order valence-corrected chi connectivity index (χ0v) is 10.4. The number of carboxylic acid groups (broad SMARTS) is 1. The highest BCUT2D eigenvalue weighted by atomic mass is 31.2. The highest BCUT2D eigenvalue weighted by Gasteiger charge is 2.23. The Bertz CT molecular complexity index is 473. The Morgan fingerprint density at radius 2 is 2.00 bits per heavy atom. The lowest BCUT2D eigenvalue weighted by Gasteiger charge is -2.13. The average Bonchev–Trinajstić information content (AvgIpc) is 2.35. The molecule has 92 valence electrons. The molecule has 0 amide bonds. The summed E-state index contributed by atoms with van der Waals surface area (Å²) in [6.07, 6.45) is 2.41. The second-order valence-corrected chi connectivity index (χ2v) is 5.37. The summed E-state index contributed by atoms with van der Waals surface area (Å²) in [5, 5.41) is 8.89. The minimum Gasteiger partial charge on any atom is -0.478 e. The van der Waals surface area contributed by atoms with Gasteiger partial charge in [-0.15, -0.1) is 0 Å². The molecule has 0 atom stereocenters. The highest BCUT2D eigenvalue weighted by molar-refractivity contribution is 7.62. The van der Waals surface area contributed by atoms with Crippen molar-refractivity contribution < 1.29 is 23.5 Å². The van der Waals surface area contributed by atoms with Crippen molar-refractivity contribution in [2.75, 3.05) is 14.2 Å². The van der Waals surface area contributed by atoms with Gasteiger partial charge in [0, 0.05) is 20.3 Å². The Morgan fingerprint density at radius 3 is 2.53 bits per heavy atom. The monoisotopic (exact) mass is 256 g/mol. The summed E-state index contributed by atoms with van der Waals surface area (Å²) in [5.74, 6) is -1.04. The molecule has 6 heteroatoms. The maximum Gasteiger partial charge on any atom is 0.360 e. The summed E-state index contributed by atoms with van der Waals surface area (Å²) in [5.41, 5.74) is 0.610. The van der Waals surface area contributed by atoms with Gasteiger partial charge in [-0.05, 0) is 23.8 Å². The van der Waals surface area contributed by atoms with Gasteiger partial charge in [0.25, 0.3) is 0 Å². The largest absolute Gasteiger partial charge is 0.478 e. The van der Waals surface area contributed by atoms with Crippen LogP contribution in [0.2, 0.25) is 0 Å². The smallest absolute Gasteiger partial charge is 0.360 e. The molecule has 0 aliphatic heterocycles. The Hall–Kier alpha value is -1.42. The second kappa shape index (κ2) is 5.77. The predicted molar refractivity (Wildman–Crippen MR) is 64.4 cm³/mol.